The maximum Gasteiger partial charge on any atom is 0.492 e. The lowest BCUT2D eigenvalue weighted by atomic mass is 9.78. The lowest BCUT2D eigenvalue weighted by molar-refractivity contribution is -0.165. The number of halogens is 1. The highest BCUT2D eigenvalue weighted by molar-refractivity contribution is 6.59. The first-order valence-electron chi connectivity index (χ1n) is 11.1. The topological polar surface area (TPSA) is 133 Å². The van der Waals surface area contributed by atoms with E-state index in [1.54, 1.807) is 20.8 Å². The van der Waals surface area contributed by atoms with Crippen molar-refractivity contribution in [3.8, 4) is 5.75 Å². The summed E-state index contributed by atoms with van der Waals surface area (Å²) in [5.74, 6) is -2.10. The molecule has 1 aliphatic heterocycles. The number of ether oxygens (including phenoxy) is 5. The third kappa shape index (κ3) is 8.75. The van der Waals surface area contributed by atoms with E-state index in [9.17, 15) is 19.6 Å². The monoisotopic (exact) mass is 485 g/mol. The van der Waals surface area contributed by atoms with Crippen molar-refractivity contribution in [1.82, 2.24) is 5.32 Å². The molecule has 1 saturated heterocycles. The highest BCUT2D eigenvalue weighted by atomic mass is 19.1. The van der Waals surface area contributed by atoms with Gasteiger partial charge in [0.25, 0.3) is 0 Å². The maximum absolute atomic E-state index is 15.3. The molecule has 10 nitrogen and oxygen atoms in total. The molecule has 1 aliphatic rings. The molecule has 1 aromatic carbocycles. The van der Waals surface area contributed by atoms with Crippen LogP contribution >= 0.6 is 0 Å². The van der Waals surface area contributed by atoms with Crippen LogP contribution in [0.3, 0.4) is 0 Å². The summed E-state index contributed by atoms with van der Waals surface area (Å²) in [6, 6.07) is 1.29. The minimum atomic E-state index is -1.99. The molecule has 1 unspecified atom stereocenters. The summed E-state index contributed by atoms with van der Waals surface area (Å²) >= 11 is 0. The zero-order valence-electron chi connectivity index (χ0n) is 20.0. The average molecular weight is 485 g/mol. The van der Waals surface area contributed by atoms with Gasteiger partial charge in [0.2, 0.25) is 0 Å². The fraction of sp³-hybridized carbons (Fsp3) is 0.636. The molecule has 0 aliphatic carbocycles. The molecule has 0 spiro atoms. The molecule has 12 heteroatoms. The number of carbonyl (C=O) groups excluding carboxylic acids is 2. The Labute approximate surface area is 198 Å². The van der Waals surface area contributed by atoms with E-state index in [-0.39, 0.29) is 42.7 Å². The van der Waals surface area contributed by atoms with Crippen molar-refractivity contribution < 1.29 is 47.7 Å². The van der Waals surface area contributed by atoms with Gasteiger partial charge in [0.15, 0.2) is 17.9 Å². The van der Waals surface area contributed by atoms with E-state index < -0.39 is 36.6 Å². The van der Waals surface area contributed by atoms with Gasteiger partial charge in [-0.2, -0.15) is 0 Å². The first-order chi connectivity index (χ1) is 16.0. The molecule has 0 bridgehead atoms. The van der Waals surface area contributed by atoms with Crippen LogP contribution < -0.4 is 15.5 Å². The molecule has 0 saturated carbocycles. The number of nitrogens with one attached hydrogen (secondary N) is 1. The van der Waals surface area contributed by atoms with E-state index in [1.807, 2.05) is 0 Å². The molecule has 2 rings (SSSR count). The minimum absolute atomic E-state index is 0.0117. The van der Waals surface area contributed by atoms with E-state index in [2.05, 4.69) is 5.32 Å². The maximum atomic E-state index is 15.3. The molecule has 190 valence electrons. The van der Waals surface area contributed by atoms with Crippen molar-refractivity contribution >= 4 is 24.6 Å². The Morgan fingerprint density at radius 1 is 1.26 bits per heavy atom. The average Bonchev–Trinajstić information content (AvgIpc) is 2.76. The van der Waals surface area contributed by atoms with E-state index in [1.165, 1.54) is 12.1 Å². The first kappa shape index (κ1) is 27.8. The van der Waals surface area contributed by atoms with Crippen LogP contribution in [0.5, 0.6) is 5.75 Å². The predicted molar refractivity (Wildman–Crippen MR) is 120 cm³/mol. The second-order valence-corrected chi connectivity index (χ2v) is 8.77. The smallest absolute Gasteiger partial charge is 0.488 e. The van der Waals surface area contributed by atoms with E-state index in [0.29, 0.717) is 6.61 Å². The van der Waals surface area contributed by atoms with Crippen LogP contribution in [-0.2, 0) is 30.2 Å². The van der Waals surface area contributed by atoms with Crippen molar-refractivity contribution in [3.63, 3.8) is 0 Å². The van der Waals surface area contributed by atoms with Gasteiger partial charge in [-0.1, -0.05) is 12.1 Å². The van der Waals surface area contributed by atoms with Gasteiger partial charge in [-0.15, -0.1) is 0 Å². The fourth-order valence-corrected chi connectivity index (χ4v) is 3.29. The second-order valence-electron chi connectivity index (χ2n) is 8.77. The molecule has 2 atom stereocenters. The van der Waals surface area contributed by atoms with Gasteiger partial charge < -0.3 is 39.0 Å². The van der Waals surface area contributed by atoms with Crippen LogP contribution in [0.25, 0.3) is 0 Å². The number of methoxy groups -OCH3 is 1. The lowest BCUT2D eigenvalue weighted by Crippen LogP contribution is -2.45. The summed E-state index contributed by atoms with van der Waals surface area (Å²) in [4.78, 5) is 24.3. The number of alkyl carbamates (subject to hydrolysis) is 1. The SMILES string of the molecule is COC(=O)[C@H](Cc1ccc(B(O)O)c(OCCOC2CCCCO2)c1F)NC(=O)OC(C)(C)C. The van der Waals surface area contributed by atoms with Crippen LogP contribution in [0.15, 0.2) is 12.1 Å². The number of rotatable bonds is 10. The van der Waals surface area contributed by atoms with Gasteiger partial charge in [-0.25, -0.2) is 14.0 Å². The first-order valence-corrected chi connectivity index (χ1v) is 11.1. The molecule has 1 amide bonds. The molecule has 1 fully saturated rings. The standard InChI is InChI=1S/C22H33BFNO9/c1-22(2,3)34-21(27)25-16(20(26)30-4)13-14-8-9-15(23(28)29)19(18(14)24)33-12-11-32-17-7-5-6-10-31-17/h8-9,16-17,28-29H,5-7,10-13H2,1-4H3,(H,25,27)/t16-,17?/m0/s1. The van der Waals surface area contributed by atoms with Gasteiger partial charge in [-0.3, -0.25) is 0 Å². The summed E-state index contributed by atoms with van der Waals surface area (Å²) < 4.78 is 41.6. The van der Waals surface area contributed by atoms with Gasteiger partial charge in [0.1, 0.15) is 18.2 Å². The van der Waals surface area contributed by atoms with Gasteiger partial charge in [0.05, 0.1) is 13.7 Å². The summed E-state index contributed by atoms with van der Waals surface area (Å²) in [5.41, 5.74) is -1.01. The quantitative estimate of drug-likeness (QED) is 0.253. The third-order valence-corrected chi connectivity index (χ3v) is 4.86. The molecule has 0 radical (unpaired) electrons. The number of esters is 1. The van der Waals surface area contributed by atoms with Crippen LogP contribution in [0.4, 0.5) is 9.18 Å². The van der Waals surface area contributed by atoms with Crippen LogP contribution in [0.1, 0.15) is 45.6 Å². The molecule has 0 aromatic heterocycles. The highest BCUT2D eigenvalue weighted by Gasteiger charge is 2.29. The van der Waals surface area contributed by atoms with Crippen LogP contribution in [0, 0.1) is 5.82 Å². The van der Waals surface area contributed by atoms with Gasteiger partial charge in [0, 0.05) is 18.5 Å². The zero-order chi connectivity index (χ0) is 25.3. The Morgan fingerprint density at radius 3 is 2.59 bits per heavy atom. The Balaban J connectivity index is 2.13. The Morgan fingerprint density at radius 2 is 2.00 bits per heavy atom. The number of carbonyl (C=O) groups is 2. The molecular formula is C22H33BFNO9. The fourth-order valence-electron chi connectivity index (χ4n) is 3.29. The number of amides is 1. The Hall–Kier alpha value is -2.41. The normalized spacial score (nSPS) is 17.0. The van der Waals surface area contributed by atoms with Crippen molar-refractivity contribution in [1.29, 1.82) is 0 Å². The summed E-state index contributed by atoms with van der Waals surface area (Å²) in [6.45, 7) is 5.61. The summed E-state index contributed by atoms with van der Waals surface area (Å²) in [6.07, 6.45) is 1.20. The lowest BCUT2D eigenvalue weighted by Gasteiger charge is -2.23. The third-order valence-electron chi connectivity index (χ3n) is 4.86. The van der Waals surface area contributed by atoms with E-state index in [0.717, 1.165) is 26.4 Å². The number of hydrogen-bond donors (Lipinski definition) is 3. The van der Waals surface area contributed by atoms with Crippen molar-refractivity contribution in [2.75, 3.05) is 26.9 Å². The van der Waals surface area contributed by atoms with E-state index in [4.69, 9.17) is 23.7 Å². The van der Waals surface area contributed by atoms with Gasteiger partial charge >= 0.3 is 19.2 Å². The van der Waals surface area contributed by atoms with Crippen molar-refractivity contribution in [2.45, 2.75) is 64.4 Å². The Bertz CT molecular complexity index is 825. The van der Waals surface area contributed by atoms with E-state index >= 15 is 4.39 Å². The highest BCUT2D eigenvalue weighted by Crippen LogP contribution is 2.21. The van der Waals surface area contributed by atoms with Crippen molar-refractivity contribution in [3.05, 3.63) is 23.5 Å². The predicted octanol–water partition coefficient (Wildman–Crippen LogP) is 1.04. The van der Waals surface area contributed by atoms with Crippen molar-refractivity contribution in [2.24, 2.45) is 0 Å². The summed E-state index contributed by atoms with van der Waals surface area (Å²) in [5, 5.41) is 21.6. The molecule has 1 aromatic rings. The van der Waals surface area contributed by atoms with Crippen LogP contribution in [0.2, 0.25) is 0 Å². The molecule has 3 N–H and O–H groups in total. The molecule has 1 heterocycles. The van der Waals surface area contributed by atoms with Gasteiger partial charge in [-0.05, 0) is 45.6 Å². The largest absolute Gasteiger partial charge is 0.492 e. The number of benzene rings is 1. The zero-order valence-corrected chi connectivity index (χ0v) is 20.0. The summed E-state index contributed by atoms with van der Waals surface area (Å²) in [7, 11) is -0.851. The second kappa shape index (κ2) is 12.9. The Kier molecular flexibility index (Phi) is 10.6. The molecular weight excluding hydrogens is 452 g/mol. The minimum Gasteiger partial charge on any atom is -0.488 e. The number of hydrogen-bond acceptors (Lipinski definition) is 9. The van der Waals surface area contributed by atoms with Crippen LogP contribution in [-0.4, -0.2) is 74.1 Å². The molecule has 34 heavy (non-hydrogen) atoms.